The van der Waals surface area contributed by atoms with Crippen LogP contribution in [0.25, 0.3) is 0 Å². The van der Waals surface area contributed by atoms with Gasteiger partial charge in [-0.15, -0.1) is 0 Å². The quantitative estimate of drug-likeness (QED) is 0.892. The van der Waals surface area contributed by atoms with E-state index in [0.717, 1.165) is 11.4 Å². The molecule has 0 aliphatic rings. The van der Waals surface area contributed by atoms with E-state index in [4.69, 9.17) is 10.00 Å². The van der Waals surface area contributed by atoms with Gasteiger partial charge in [-0.1, -0.05) is 6.07 Å². The summed E-state index contributed by atoms with van der Waals surface area (Å²) in [5.74, 6) is 1.85. The lowest BCUT2D eigenvalue weighted by molar-refractivity contribution is 0.415. The summed E-state index contributed by atoms with van der Waals surface area (Å²) >= 11 is 0. The second kappa shape index (κ2) is 5.15. The van der Waals surface area contributed by atoms with Gasteiger partial charge in [-0.2, -0.15) is 5.26 Å². The van der Waals surface area contributed by atoms with E-state index >= 15 is 0 Å². The fourth-order valence-corrected chi connectivity index (χ4v) is 1.48. The Hall–Kier alpha value is -2.61. The number of ether oxygens (including phenoxy) is 1. The number of nitrogens with one attached hydrogen (secondary N) is 1. The number of methoxy groups -OCH3 is 1. The SMILES string of the molecule is COc1cccc(Nc2nc(C)ncc2C#N)c1. The second-order valence-electron chi connectivity index (χ2n) is 3.65. The van der Waals surface area contributed by atoms with Crippen LogP contribution in [0.2, 0.25) is 0 Å². The third-order valence-corrected chi connectivity index (χ3v) is 2.36. The van der Waals surface area contributed by atoms with Gasteiger partial charge in [0.15, 0.2) is 5.82 Å². The number of benzene rings is 1. The minimum atomic E-state index is 0.406. The molecule has 0 unspecified atom stereocenters. The Morgan fingerprint density at radius 3 is 2.94 bits per heavy atom. The van der Waals surface area contributed by atoms with E-state index in [9.17, 15) is 0 Å². The highest BCUT2D eigenvalue weighted by Crippen LogP contribution is 2.21. The van der Waals surface area contributed by atoms with E-state index in [1.807, 2.05) is 24.3 Å². The Kier molecular flexibility index (Phi) is 3.39. The largest absolute Gasteiger partial charge is 0.497 e. The number of rotatable bonds is 3. The zero-order valence-corrected chi connectivity index (χ0v) is 10.1. The maximum atomic E-state index is 8.99. The number of aryl methyl sites for hydroxylation is 1. The van der Waals surface area contributed by atoms with Crippen LogP contribution in [0.3, 0.4) is 0 Å². The van der Waals surface area contributed by atoms with Gasteiger partial charge in [-0.05, 0) is 19.1 Å². The van der Waals surface area contributed by atoms with Crippen LogP contribution < -0.4 is 10.1 Å². The van der Waals surface area contributed by atoms with Gasteiger partial charge in [0.05, 0.1) is 13.3 Å². The number of aromatic nitrogens is 2. The monoisotopic (exact) mass is 240 g/mol. The Morgan fingerprint density at radius 1 is 1.39 bits per heavy atom. The summed E-state index contributed by atoms with van der Waals surface area (Å²) in [5.41, 5.74) is 1.22. The summed E-state index contributed by atoms with van der Waals surface area (Å²) in [6, 6.07) is 9.47. The molecule has 1 heterocycles. The summed E-state index contributed by atoms with van der Waals surface area (Å²) in [7, 11) is 1.61. The average Bonchev–Trinajstić information content (AvgIpc) is 2.39. The molecule has 0 bridgehead atoms. The fraction of sp³-hybridized carbons (Fsp3) is 0.154. The van der Waals surface area contributed by atoms with Crippen LogP contribution in [-0.2, 0) is 0 Å². The maximum absolute atomic E-state index is 8.99. The van der Waals surface area contributed by atoms with Crippen molar-refractivity contribution in [3.63, 3.8) is 0 Å². The summed E-state index contributed by atoms with van der Waals surface area (Å²) in [6.07, 6.45) is 1.50. The number of hydrogen-bond acceptors (Lipinski definition) is 5. The summed E-state index contributed by atoms with van der Waals surface area (Å²) in [4.78, 5) is 8.20. The molecule has 0 saturated heterocycles. The van der Waals surface area contributed by atoms with Gasteiger partial charge in [0.2, 0.25) is 0 Å². The highest BCUT2D eigenvalue weighted by atomic mass is 16.5. The van der Waals surface area contributed by atoms with E-state index in [0.29, 0.717) is 17.2 Å². The van der Waals surface area contributed by atoms with Crippen molar-refractivity contribution in [3.8, 4) is 11.8 Å². The predicted octanol–water partition coefficient (Wildman–Crippen LogP) is 2.41. The first kappa shape index (κ1) is 11.9. The average molecular weight is 240 g/mol. The molecule has 1 aromatic carbocycles. The highest BCUT2D eigenvalue weighted by molar-refractivity contribution is 5.63. The molecule has 90 valence electrons. The molecular weight excluding hydrogens is 228 g/mol. The summed E-state index contributed by atoms with van der Waals surface area (Å²) in [5, 5.41) is 12.1. The molecule has 2 rings (SSSR count). The van der Waals surface area contributed by atoms with Crippen molar-refractivity contribution in [2.75, 3.05) is 12.4 Å². The van der Waals surface area contributed by atoms with Gasteiger partial charge >= 0.3 is 0 Å². The maximum Gasteiger partial charge on any atom is 0.152 e. The van der Waals surface area contributed by atoms with Crippen molar-refractivity contribution in [1.82, 2.24) is 9.97 Å². The van der Waals surface area contributed by atoms with Crippen molar-refractivity contribution in [2.45, 2.75) is 6.92 Å². The smallest absolute Gasteiger partial charge is 0.152 e. The normalized spacial score (nSPS) is 9.61. The van der Waals surface area contributed by atoms with Crippen molar-refractivity contribution >= 4 is 11.5 Å². The zero-order valence-electron chi connectivity index (χ0n) is 10.1. The van der Waals surface area contributed by atoms with E-state index in [2.05, 4.69) is 21.4 Å². The molecule has 0 aliphatic carbocycles. The van der Waals surface area contributed by atoms with Gasteiger partial charge in [0.1, 0.15) is 23.2 Å². The highest BCUT2D eigenvalue weighted by Gasteiger charge is 2.05. The first-order valence-corrected chi connectivity index (χ1v) is 5.38. The van der Waals surface area contributed by atoms with E-state index < -0.39 is 0 Å². The van der Waals surface area contributed by atoms with Crippen LogP contribution in [0, 0.1) is 18.3 Å². The molecule has 0 spiro atoms. The van der Waals surface area contributed by atoms with E-state index in [-0.39, 0.29) is 0 Å². The van der Waals surface area contributed by atoms with Crippen LogP contribution >= 0.6 is 0 Å². The molecule has 18 heavy (non-hydrogen) atoms. The molecule has 0 radical (unpaired) electrons. The predicted molar refractivity (Wildman–Crippen MR) is 67.8 cm³/mol. The van der Waals surface area contributed by atoms with Crippen molar-refractivity contribution in [3.05, 3.63) is 41.9 Å². The lowest BCUT2D eigenvalue weighted by Crippen LogP contribution is -2.00. The molecule has 0 fully saturated rings. The molecule has 1 aromatic heterocycles. The van der Waals surface area contributed by atoms with Crippen LogP contribution in [0.4, 0.5) is 11.5 Å². The number of anilines is 2. The van der Waals surface area contributed by atoms with Crippen molar-refractivity contribution < 1.29 is 4.74 Å². The zero-order chi connectivity index (χ0) is 13.0. The molecule has 0 amide bonds. The minimum Gasteiger partial charge on any atom is -0.497 e. The lowest BCUT2D eigenvalue weighted by atomic mass is 10.2. The first-order chi connectivity index (χ1) is 8.72. The topological polar surface area (TPSA) is 70.8 Å². The Labute approximate surface area is 105 Å². The van der Waals surface area contributed by atoms with Gasteiger partial charge in [0.25, 0.3) is 0 Å². The molecule has 5 heteroatoms. The van der Waals surface area contributed by atoms with Crippen molar-refractivity contribution in [2.24, 2.45) is 0 Å². The van der Waals surface area contributed by atoms with Crippen LogP contribution in [0.1, 0.15) is 11.4 Å². The first-order valence-electron chi connectivity index (χ1n) is 5.38. The van der Waals surface area contributed by atoms with Gasteiger partial charge in [-0.3, -0.25) is 0 Å². The molecule has 0 saturated carbocycles. The molecule has 0 atom stereocenters. The van der Waals surface area contributed by atoms with Gasteiger partial charge < -0.3 is 10.1 Å². The summed E-state index contributed by atoms with van der Waals surface area (Å²) in [6.45, 7) is 1.78. The van der Waals surface area contributed by atoms with Crippen LogP contribution in [0.15, 0.2) is 30.5 Å². The molecule has 2 aromatic rings. The van der Waals surface area contributed by atoms with Crippen molar-refractivity contribution in [1.29, 1.82) is 5.26 Å². The van der Waals surface area contributed by atoms with Crippen LogP contribution in [-0.4, -0.2) is 17.1 Å². The lowest BCUT2D eigenvalue weighted by Gasteiger charge is -2.08. The third-order valence-electron chi connectivity index (χ3n) is 2.36. The number of hydrogen-bond donors (Lipinski definition) is 1. The third kappa shape index (κ3) is 2.55. The standard InChI is InChI=1S/C13H12N4O/c1-9-15-8-10(7-14)13(16-9)17-11-4-3-5-12(6-11)18-2/h3-6,8H,1-2H3,(H,15,16,17). The molecule has 5 nitrogen and oxygen atoms in total. The van der Waals surface area contributed by atoms with E-state index in [1.165, 1.54) is 6.20 Å². The Balaban J connectivity index is 2.33. The second-order valence-corrected chi connectivity index (χ2v) is 3.65. The molecular formula is C13H12N4O. The van der Waals surface area contributed by atoms with E-state index in [1.54, 1.807) is 14.0 Å². The van der Waals surface area contributed by atoms with Gasteiger partial charge in [-0.25, -0.2) is 9.97 Å². The summed E-state index contributed by atoms with van der Waals surface area (Å²) < 4.78 is 5.14. The number of nitrogens with zero attached hydrogens (tertiary/aromatic N) is 3. The van der Waals surface area contributed by atoms with Crippen LogP contribution in [0.5, 0.6) is 5.75 Å². The number of nitriles is 1. The minimum absolute atomic E-state index is 0.406. The molecule has 0 aliphatic heterocycles. The Bertz CT molecular complexity index is 604. The molecule has 1 N–H and O–H groups in total. The van der Waals surface area contributed by atoms with Gasteiger partial charge in [0, 0.05) is 11.8 Å². The Morgan fingerprint density at radius 2 is 2.22 bits per heavy atom. The fourth-order valence-electron chi connectivity index (χ4n) is 1.48.